The first-order valence-corrected chi connectivity index (χ1v) is 6.20. The van der Waals surface area contributed by atoms with Crippen LogP contribution in [0.2, 0.25) is 0 Å². The van der Waals surface area contributed by atoms with E-state index in [0.29, 0.717) is 5.92 Å². The molecule has 0 aromatic heterocycles. The van der Waals surface area contributed by atoms with E-state index in [1.807, 2.05) is 19.1 Å². The monoisotopic (exact) mass is 221 g/mol. The summed E-state index contributed by atoms with van der Waals surface area (Å²) in [5, 5.41) is 0. The van der Waals surface area contributed by atoms with Crippen LogP contribution in [0.5, 0.6) is 0 Å². The van der Waals surface area contributed by atoms with Crippen molar-refractivity contribution in [1.82, 2.24) is 0 Å². The highest BCUT2D eigenvalue weighted by molar-refractivity contribution is 5.28. The molecule has 1 saturated carbocycles. The van der Waals surface area contributed by atoms with Crippen molar-refractivity contribution in [1.29, 1.82) is 0 Å². The van der Waals surface area contributed by atoms with E-state index >= 15 is 0 Å². The highest BCUT2D eigenvalue weighted by atomic mass is 19.1. The first-order chi connectivity index (χ1) is 7.68. The molecular weight excluding hydrogens is 201 g/mol. The quantitative estimate of drug-likeness (QED) is 0.721. The Kier molecular flexibility index (Phi) is 3.59. The second kappa shape index (κ2) is 4.96. The van der Waals surface area contributed by atoms with Gasteiger partial charge in [0.1, 0.15) is 5.82 Å². The number of hydrogen-bond donors (Lipinski definition) is 1. The van der Waals surface area contributed by atoms with Crippen molar-refractivity contribution in [2.24, 2.45) is 5.73 Å². The molecule has 2 unspecified atom stereocenters. The molecule has 2 rings (SSSR count). The number of nitrogens with two attached hydrogens (primary N) is 1. The van der Waals surface area contributed by atoms with Crippen molar-refractivity contribution in [3.63, 3.8) is 0 Å². The second-order valence-electron chi connectivity index (χ2n) is 4.92. The van der Waals surface area contributed by atoms with Crippen LogP contribution in [0.25, 0.3) is 0 Å². The van der Waals surface area contributed by atoms with Crippen LogP contribution in [0, 0.1) is 12.7 Å². The highest BCUT2D eigenvalue weighted by Crippen LogP contribution is 2.31. The molecule has 0 saturated heterocycles. The van der Waals surface area contributed by atoms with Crippen molar-refractivity contribution in [3.8, 4) is 0 Å². The fraction of sp³-hybridized carbons (Fsp3) is 0.571. The third-order valence-electron chi connectivity index (χ3n) is 3.68. The van der Waals surface area contributed by atoms with Gasteiger partial charge in [0.05, 0.1) is 0 Å². The van der Waals surface area contributed by atoms with Crippen LogP contribution in [-0.2, 0) is 0 Å². The summed E-state index contributed by atoms with van der Waals surface area (Å²) in [6.45, 7) is 1.82. The van der Waals surface area contributed by atoms with Crippen LogP contribution in [0.15, 0.2) is 18.2 Å². The van der Waals surface area contributed by atoms with E-state index < -0.39 is 0 Å². The van der Waals surface area contributed by atoms with Gasteiger partial charge in [0.15, 0.2) is 0 Å². The van der Waals surface area contributed by atoms with Crippen molar-refractivity contribution >= 4 is 0 Å². The van der Waals surface area contributed by atoms with Gasteiger partial charge in [-0.25, -0.2) is 4.39 Å². The number of aryl methyl sites for hydroxylation is 1. The zero-order chi connectivity index (χ0) is 11.5. The Balaban J connectivity index is 2.23. The van der Waals surface area contributed by atoms with E-state index in [9.17, 15) is 4.39 Å². The van der Waals surface area contributed by atoms with Gasteiger partial charge in [0, 0.05) is 6.04 Å². The Labute approximate surface area is 96.9 Å². The summed E-state index contributed by atoms with van der Waals surface area (Å²) >= 11 is 0. The largest absolute Gasteiger partial charge is 0.327 e. The van der Waals surface area contributed by atoms with Crippen LogP contribution in [0.1, 0.15) is 49.1 Å². The molecule has 1 aliphatic carbocycles. The predicted octanol–water partition coefficient (Wildman–Crippen LogP) is 3.51. The maximum Gasteiger partial charge on any atom is 0.126 e. The molecule has 2 atom stereocenters. The molecule has 1 aromatic carbocycles. The fourth-order valence-corrected chi connectivity index (χ4v) is 2.65. The molecule has 2 heteroatoms. The molecule has 1 aliphatic rings. The molecule has 0 aliphatic heterocycles. The van der Waals surface area contributed by atoms with Crippen LogP contribution >= 0.6 is 0 Å². The SMILES string of the molecule is Cc1cc(C2CCCCCC2N)ccc1F. The first kappa shape index (κ1) is 11.6. The zero-order valence-electron chi connectivity index (χ0n) is 9.88. The summed E-state index contributed by atoms with van der Waals surface area (Å²) in [7, 11) is 0. The van der Waals surface area contributed by atoms with Gasteiger partial charge in [-0.05, 0) is 42.9 Å². The van der Waals surface area contributed by atoms with E-state index in [1.54, 1.807) is 6.07 Å². The molecule has 0 heterocycles. The Morgan fingerprint density at radius 3 is 2.69 bits per heavy atom. The molecule has 1 aromatic rings. The maximum absolute atomic E-state index is 13.2. The lowest BCUT2D eigenvalue weighted by Gasteiger charge is -2.22. The lowest BCUT2D eigenvalue weighted by molar-refractivity contribution is 0.503. The lowest BCUT2D eigenvalue weighted by Crippen LogP contribution is -2.27. The standard InChI is InChI=1S/C14H20FN/c1-10-9-11(7-8-13(10)15)12-5-3-2-4-6-14(12)16/h7-9,12,14H,2-6,16H2,1H3. The van der Waals surface area contributed by atoms with Crippen LogP contribution in [-0.4, -0.2) is 6.04 Å². The van der Waals surface area contributed by atoms with E-state index in [-0.39, 0.29) is 11.9 Å². The van der Waals surface area contributed by atoms with Gasteiger partial charge in [0.2, 0.25) is 0 Å². The van der Waals surface area contributed by atoms with Gasteiger partial charge in [-0.1, -0.05) is 31.4 Å². The average molecular weight is 221 g/mol. The summed E-state index contributed by atoms with van der Waals surface area (Å²) in [5.74, 6) is 0.299. The van der Waals surface area contributed by atoms with Crippen LogP contribution in [0.3, 0.4) is 0 Å². The minimum Gasteiger partial charge on any atom is -0.327 e. The Bertz CT molecular complexity index is 362. The molecule has 0 amide bonds. The summed E-state index contributed by atoms with van der Waals surface area (Å²) in [6.07, 6.45) is 6.00. The van der Waals surface area contributed by atoms with Gasteiger partial charge in [-0.15, -0.1) is 0 Å². The van der Waals surface area contributed by atoms with E-state index in [4.69, 9.17) is 5.73 Å². The fourth-order valence-electron chi connectivity index (χ4n) is 2.65. The predicted molar refractivity (Wildman–Crippen MR) is 64.9 cm³/mol. The number of rotatable bonds is 1. The molecule has 0 bridgehead atoms. The van der Waals surface area contributed by atoms with Gasteiger partial charge < -0.3 is 5.73 Å². The summed E-state index contributed by atoms with van der Waals surface area (Å²) < 4.78 is 13.2. The first-order valence-electron chi connectivity index (χ1n) is 6.20. The van der Waals surface area contributed by atoms with E-state index in [1.165, 1.54) is 24.8 Å². The summed E-state index contributed by atoms with van der Waals surface area (Å²) in [6, 6.07) is 5.68. The smallest absolute Gasteiger partial charge is 0.126 e. The van der Waals surface area contributed by atoms with Gasteiger partial charge in [0.25, 0.3) is 0 Å². The highest BCUT2D eigenvalue weighted by Gasteiger charge is 2.22. The van der Waals surface area contributed by atoms with E-state index in [2.05, 4.69) is 0 Å². The molecular formula is C14H20FN. The molecule has 1 fully saturated rings. The molecule has 88 valence electrons. The van der Waals surface area contributed by atoms with Gasteiger partial charge >= 0.3 is 0 Å². The minimum absolute atomic E-state index is 0.119. The normalized spacial score (nSPS) is 26.4. The lowest BCUT2D eigenvalue weighted by atomic mass is 9.87. The Hall–Kier alpha value is -0.890. The molecule has 0 radical (unpaired) electrons. The molecule has 1 nitrogen and oxygen atoms in total. The summed E-state index contributed by atoms with van der Waals surface area (Å²) in [5.41, 5.74) is 8.15. The van der Waals surface area contributed by atoms with Gasteiger partial charge in [-0.2, -0.15) is 0 Å². The van der Waals surface area contributed by atoms with Crippen molar-refractivity contribution in [2.75, 3.05) is 0 Å². The minimum atomic E-state index is -0.119. The third kappa shape index (κ3) is 2.43. The third-order valence-corrected chi connectivity index (χ3v) is 3.68. The van der Waals surface area contributed by atoms with Crippen LogP contribution in [0.4, 0.5) is 4.39 Å². The zero-order valence-corrected chi connectivity index (χ0v) is 9.88. The van der Waals surface area contributed by atoms with Gasteiger partial charge in [-0.3, -0.25) is 0 Å². The second-order valence-corrected chi connectivity index (χ2v) is 4.92. The number of hydrogen-bond acceptors (Lipinski definition) is 1. The summed E-state index contributed by atoms with van der Waals surface area (Å²) in [4.78, 5) is 0. The Morgan fingerprint density at radius 2 is 1.94 bits per heavy atom. The van der Waals surface area contributed by atoms with Crippen LogP contribution < -0.4 is 5.73 Å². The van der Waals surface area contributed by atoms with E-state index in [0.717, 1.165) is 18.4 Å². The maximum atomic E-state index is 13.2. The molecule has 16 heavy (non-hydrogen) atoms. The number of halogens is 1. The molecule has 0 spiro atoms. The van der Waals surface area contributed by atoms with Crippen molar-refractivity contribution < 1.29 is 4.39 Å². The number of benzene rings is 1. The molecule has 2 N–H and O–H groups in total. The van der Waals surface area contributed by atoms with Crippen molar-refractivity contribution in [3.05, 3.63) is 35.1 Å². The average Bonchev–Trinajstić information content (AvgIpc) is 2.47. The van der Waals surface area contributed by atoms with Crippen molar-refractivity contribution in [2.45, 2.75) is 51.0 Å². The topological polar surface area (TPSA) is 26.0 Å². The Morgan fingerprint density at radius 1 is 1.19 bits per heavy atom.